The van der Waals surface area contributed by atoms with Gasteiger partial charge in [-0.25, -0.2) is 9.07 Å². The zero-order valence-corrected chi connectivity index (χ0v) is 15.0. The van der Waals surface area contributed by atoms with Crippen molar-refractivity contribution in [3.63, 3.8) is 0 Å². The van der Waals surface area contributed by atoms with Crippen LogP contribution in [0.3, 0.4) is 0 Å². The van der Waals surface area contributed by atoms with Crippen molar-refractivity contribution in [3.05, 3.63) is 88.0 Å². The summed E-state index contributed by atoms with van der Waals surface area (Å²) in [5.74, 6) is -0.440. The highest BCUT2D eigenvalue weighted by Crippen LogP contribution is 2.15. The Morgan fingerprint density at radius 3 is 2.44 bits per heavy atom. The van der Waals surface area contributed by atoms with E-state index in [1.165, 1.54) is 22.9 Å². The van der Waals surface area contributed by atoms with E-state index in [4.69, 9.17) is 0 Å². The van der Waals surface area contributed by atoms with Gasteiger partial charge in [0.1, 0.15) is 5.82 Å². The van der Waals surface area contributed by atoms with Crippen molar-refractivity contribution in [1.29, 1.82) is 0 Å². The molecule has 0 saturated carbocycles. The molecule has 1 aromatic heterocycles. The first-order chi connectivity index (χ1) is 13.0. The Hall–Kier alpha value is -3.28. The van der Waals surface area contributed by atoms with Gasteiger partial charge in [0.25, 0.3) is 5.56 Å². The molecule has 6 heteroatoms. The quantitative estimate of drug-likeness (QED) is 0.731. The summed E-state index contributed by atoms with van der Waals surface area (Å²) < 4.78 is 14.3. The SMILES string of the molecule is Cc1ccc(CC(=O)NCCn2nc(-c3ccc(F)cc3)ccc2=O)cc1. The van der Waals surface area contributed by atoms with Crippen molar-refractivity contribution in [1.82, 2.24) is 15.1 Å². The number of carbonyl (C=O) groups excluding carboxylic acids is 1. The van der Waals surface area contributed by atoms with Gasteiger partial charge in [0.05, 0.1) is 18.7 Å². The molecule has 0 aliphatic heterocycles. The zero-order valence-electron chi connectivity index (χ0n) is 15.0. The topological polar surface area (TPSA) is 64.0 Å². The number of rotatable bonds is 6. The second kappa shape index (κ2) is 8.40. The van der Waals surface area contributed by atoms with E-state index >= 15 is 0 Å². The van der Waals surface area contributed by atoms with Crippen LogP contribution in [0.4, 0.5) is 4.39 Å². The van der Waals surface area contributed by atoms with E-state index in [1.807, 2.05) is 31.2 Å². The molecular weight excluding hydrogens is 345 g/mol. The van der Waals surface area contributed by atoms with E-state index in [-0.39, 0.29) is 30.2 Å². The van der Waals surface area contributed by atoms with E-state index < -0.39 is 0 Å². The summed E-state index contributed by atoms with van der Waals surface area (Å²) in [5.41, 5.74) is 3.11. The van der Waals surface area contributed by atoms with Crippen molar-refractivity contribution in [2.75, 3.05) is 6.54 Å². The third-order valence-electron chi connectivity index (χ3n) is 4.14. The van der Waals surface area contributed by atoms with Gasteiger partial charge in [0.15, 0.2) is 0 Å². The normalized spacial score (nSPS) is 10.6. The lowest BCUT2D eigenvalue weighted by Crippen LogP contribution is -2.32. The highest BCUT2D eigenvalue weighted by Gasteiger charge is 2.06. The Morgan fingerprint density at radius 1 is 1.04 bits per heavy atom. The first-order valence-corrected chi connectivity index (χ1v) is 8.67. The number of nitrogens with one attached hydrogen (secondary N) is 1. The monoisotopic (exact) mass is 365 g/mol. The fourth-order valence-electron chi connectivity index (χ4n) is 2.64. The molecule has 2 aromatic carbocycles. The molecule has 1 amide bonds. The molecule has 0 saturated heterocycles. The summed E-state index contributed by atoms with van der Waals surface area (Å²) in [6, 6.07) is 16.7. The lowest BCUT2D eigenvalue weighted by atomic mass is 10.1. The van der Waals surface area contributed by atoms with Crippen molar-refractivity contribution >= 4 is 5.91 Å². The summed E-state index contributed by atoms with van der Waals surface area (Å²) in [6.45, 7) is 2.55. The molecule has 0 radical (unpaired) electrons. The Kier molecular flexibility index (Phi) is 5.76. The number of halogens is 1. The number of hydrogen-bond donors (Lipinski definition) is 1. The maximum Gasteiger partial charge on any atom is 0.266 e. The second-order valence-electron chi connectivity index (χ2n) is 6.30. The Balaban J connectivity index is 1.59. The van der Waals surface area contributed by atoms with Crippen LogP contribution in [-0.4, -0.2) is 22.2 Å². The van der Waals surface area contributed by atoms with Crippen molar-refractivity contribution in [2.45, 2.75) is 19.9 Å². The largest absolute Gasteiger partial charge is 0.354 e. The molecule has 0 aliphatic carbocycles. The minimum absolute atomic E-state index is 0.110. The number of amides is 1. The number of carbonyl (C=O) groups is 1. The number of benzene rings is 2. The molecule has 0 aliphatic rings. The van der Waals surface area contributed by atoms with Crippen molar-refractivity contribution < 1.29 is 9.18 Å². The summed E-state index contributed by atoms with van der Waals surface area (Å²) >= 11 is 0. The van der Waals surface area contributed by atoms with Gasteiger partial charge in [-0.2, -0.15) is 5.10 Å². The van der Waals surface area contributed by atoms with E-state index in [1.54, 1.807) is 18.2 Å². The Bertz CT molecular complexity index is 980. The van der Waals surface area contributed by atoms with Crippen LogP contribution in [0.2, 0.25) is 0 Å². The first kappa shape index (κ1) is 18.5. The van der Waals surface area contributed by atoms with Gasteiger partial charge in [-0.05, 0) is 42.8 Å². The molecule has 5 nitrogen and oxygen atoms in total. The molecule has 1 N–H and O–H groups in total. The van der Waals surface area contributed by atoms with Crippen LogP contribution in [0.1, 0.15) is 11.1 Å². The van der Waals surface area contributed by atoms with Gasteiger partial charge in [0.2, 0.25) is 5.91 Å². The van der Waals surface area contributed by atoms with E-state index in [0.29, 0.717) is 17.8 Å². The van der Waals surface area contributed by atoms with Crippen LogP contribution in [-0.2, 0) is 17.8 Å². The van der Waals surface area contributed by atoms with Crippen LogP contribution >= 0.6 is 0 Å². The Labute approximate surface area is 156 Å². The highest BCUT2D eigenvalue weighted by atomic mass is 19.1. The highest BCUT2D eigenvalue weighted by molar-refractivity contribution is 5.78. The summed E-state index contributed by atoms with van der Waals surface area (Å²) in [7, 11) is 0. The van der Waals surface area contributed by atoms with E-state index in [9.17, 15) is 14.0 Å². The maximum absolute atomic E-state index is 13.0. The number of aromatic nitrogens is 2. The van der Waals surface area contributed by atoms with Gasteiger partial charge in [0, 0.05) is 18.2 Å². The van der Waals surface area contributed by atoms with Crippen LogP contribution in [0.5, 0.6) is 0 Å². The fraction of sp³-hybridized carbons (Fsp3) is 0.190. The van der Waals surface area contributed by atoms with Crippen molar-refractivity contribution in [2.24, 2.45) is 0 Å². The molecule has 3 aromatic rings. The lowest BCUT2D eigenvalue weighted by molar-refractivity contribution is -0.120. The molecule has 3 rings (SSSR count). The lowest BCUT2D eigenvalue weighted by Gasteiger charge is -2.09. The van der Waals surface area contributed by atoms with Gasteiger partial charge in [-0.1, -0.05) is 29.8 Å². The van der Waals surface area contributed by atoms with Crippen LogP contribution in [0.25, 0.3) is 11.3 Å². The predicted molar refractivity (Wildman–Crippen MR) is 102 cm³/mol. The zero-order chi connectivity index (χ0) is 19.2. The third kappa shape index (κ3) is 5.10. The second-order valence-corrected chi connectivity index (χ2v) is 6.30. The van der Waals surface area contributed by atoms with Gasteiger partial charge in [-0.3, -0.25) is 9.59 Å². The predicted octanol–water partition coefficient (Wildman–Crippen LogP) is 2.72. The maximum atomic E-state index is 13.0. The summed E-state index contributed by atoms with van der Waals surface area (Å²) in [4.78, 5) is 24.0. The molecule has 0 fully saturated rings. The summed E-state index contributed by atoms with van der Waals surface area (Å²) in [5, 5.41) is 7.09. The van der Waals surface area contributed by atoms with E-state index in [0.717, 1.165) is 11.1 Å². The molecule has 0 bridgehead atoms. The molecule has 27 heavy (non-hydrogen) atoms. The molecule has 0 atom stereocenters. The molecule has 1 heterocycles. The summed E-state index contributed by atoms with van der Waals surface area (Å²) in [6.07, 6.45) is 0.290. The average molecular weight is 365 g/mol. The average Bonchev–Trinajstić information content (AvgIpc) is 2.66. The molecular formula is C21H20FN3O2. The van der Waals surface area contributed by atoms with Crippen LogP contribution in [0.15, 0.2) is 65.5 Å². The van der Waals surface area contributed by atoms with Gasteiger partial charge in [-0.15, -0.1) is 0 Å². The minimum Gasteiger partial charge on any atom is -0.354 e. The smallest absolute Gasteiger partial charge is 0.266 e. The number of aryl methyl sites for hydroxylation is 1. The van der Waals surface area contributed by atoms with Crippen LogP contribution < -0.4 is 10.9 Å². The fourth-order valence-corrected chi connectivity index (χ4v) is 2.64. The molecule has 0 unspecified atom stereocenters. The molecule has 138 valence electrons. The standard InChI is InChI=1S/C21H20FN3O2/c1-15-2-4-16(5-3-15)14-20(26)23-12-13-25-21(27)11-10-19(24-25)17-6-8-18(22)9-7-17/h2-11H,12-14H2,1H3,(H,23,26). The van der Waals surface area contributed by atoms with Gasteiger partial charge < -0.3 is 5.32 Å². The van der Waals surface area contributed by atoms with Crippen molar-refractivity contribution in [3.8, 4) is 11.3 Å². The number of nitrogens with zero attached hydrogens (tertiary/aromatic N) is 2. The van der Waals surface area contributed by atoms with E-state index in [2.05, 4.69) is 10.4 Å². The van der Waals surface area contributed by atoms with Gasteiger partial charge >= 0.3 is 0 Å². The molecule has 0 spiro atoms. The number of hydrogen-bond acceptors (Lipinski definition) is 3. The first-order valence-electron chi connectivity index (χ1n) is 8.67. The minimum atomic E-state index is -0.330. The Morgan fingerprint density at radius 2 is 1.74 bits per heavy atom. The van der Waals surface area contributed by atoms with Crippen LogP contribution in [0, 0.1) is 12.7 Å². The third-order valence-corrected chi connectivity index (χ3v) is 4.14.